The van der Waals surface area contributed by atoms with Gasteiger partial charge in [0.1, 0.15) is 11.6 Å². The zero-order chi connectivity index (χ0) is 25.2. The number of likely N-dealkylation sites (N-methyl/N-ethyl adjacent to an activating group) is 1. The maximum Gasteiger partial charge on any atom is 0.248 e. The summed E-state index contributed by atoms with van der Waals surface area (Å²) in [5.41, 5.74) is -1.08. The van der Waals surface area contributed by atoms with Gasteiger partial charge in [0.25, 0.3) is 0 Å². The molecule has 1 N–H and O–H groups in total. The normalized spacial score (nSPS) is 32.4. The quantitative estimate of drug-likeness (QED) is 0.302. The molecule has 0 aromatic rings. The van der Waals surface area contributed by atoms with Crippen LogP contribution in [0.3, 0.4) is 0 Å². The highest BCUT2D eigenvalue weighted by atomic mass is 79.9. The van der Waals surface area contributed by atoms with Gasteiger partial charge >= 0.3 is 0 Å². The van der Waals surface area contributed by atoms with E-state index in [4.69, 9.17) is 4.74 Å². The van der Waals surface area contributed by atoms with Crippen molar-refractivity contribution in [2.75, 3.05) is 33.3 Å². The van der Waals surface area contributed by atoms with E-state index in [1.165, 1.54) is 0 Å². The van der Waals surface area contributed by atoms with Crippen LogP contribution in [0, 0.1) is 11.8 Å². The van der Waals surface area contributed by atoms with Crippen LogP contribution < -0.4 is 0 Å². The van der Waals surface area contributed by atoms with Crippen LogP contribution in [0.4, 0.5) is 0 Å². The molecule has 7 atom stereocenters. The Morgan fingerprint density at radius 2 is 2.00 bits per heavy atom. The molecule has 0 aliphatic carbocycles. The van der Waals surface area contributed by atoms with E-state index in [9.17, 15) is 19.5 Å². The number of fused-ring (bicyclic) bond motifs is 1. The maximum atomic E-state index is 14.1. The number of amides is 3. The molecular weight excluding hydrogens is 502 g/mol. The van der Waals surface area contributed by atoms with Crippen molar-refractivity contribution in [3.8, 4) is 0 Å². The highest BCUT2D eigenvalue weighted by molar-refractivity contribution is 9.09. The lowest BCUT2D eigenvalue weighted by Gasteiger charge is -2.39. The second-order valence-corrected chi connectivity index (χ2v) is 10.9. The molecule has 3 heterocycles. The summed E-state index contributed by atoms with van der Waals surface area (Å²) < 4.78 is 6.52. The van der Waals surface area contributed by atoms with Crippen LogP contribution >= 0.6 is 15.9 Å². The molecule has 0 saturated carbocycles. The molecule has 3 aliphatic heterocycles. The Hall–Kier alpha value is -1.71. The van der Waals surface area contributed by atoms with Crippen LogP contribution in [0.25, 0.3) is 0 Å². The lowest BCUT2D eigenvalue weighted by atomic mass is 9.70. The summed E-state index contributed by atoms with van der Waals surface area (Å²) in [6.45, 7) is 12.5. The molecule has 0 radical (unpaired) electrons. The van der Waals surface area contributed by atoms with Gasteiger partial charge in [-0.25, -0.2) is 0 Å². The number of aliphatic hydroxyl groups excluding tert-OH is 1. The zero-order valence-corrected chi connectivity index (χ0v) is 22.1. The molecule has 190 valence electrons. The first-order chi connectivity index (χ1) is 16.2. The number of carbonyl (C=O) groups excluding carboxylic acids is 3. The summed E-state index contributed by atoms with van der Waals surface area (Å²) in [4.78, 5) is 46.2. The topological polar surface area (TPSA) is 90.4 Å². The van der Waals surface area contributed by atoms with Crippen molar-refractivity contribution in [3.05, 3.63) is 25.3 Å². The first kappa shape index (κ1) is 26.9. The van der Waals surface area contributed by atoms with E-state index in [1.54, 1.807) is 33.9 Å². The van der Waals surface area contributed by atoms with Crippen LogP contribution in [0.1, 0.15) is 39.5 Å². The monoisotopic (exact) mass is 539 g/mol. The van der Waals surface area contributed by atoms with Gasteiger partial charge in [0.15, 0.2) is 0 Å². The molecule has 0 aromatic heterocycles. The standard InChI is InChI=1S/C25H38BrN3O5/c1-6-10-16(4)28(12-8-3)24(33)21-25-15-17(26)20(34-25)18(22(31)27(5)11-7-2)19(25)23(32)29(21)13-9-14-30/h7-8,16-21,30H,2-3,6,9-15H2,1,4-5H3/t16?,17?,18-,19-,20-,21?,25?/m0/s1. The molecule has 8 nitrogen and oxygen atoms in total. The molecule has 34 heavy (non-hydrogen) atoms. The molecular formula is C25H38BrN3O5. The molecule has 3 saturated heterocycles. The highest BCUT2D eigenvalue weighted by Crippen LogP contribution is 2.60. The summed E-state index contributed by atoms with van der Waals surface area (Å²) in [5.74, 6) is -1.99. The third-order valence-electron chi connectivity index (χ3n) is 7.49. The van der Waals surface area contributed by atoms with Crippen molar-refractivity contribution in [2.45, 2.75) is 68.1 Å². The van der Waals surface area contributed by atoms with Gasteiger partial charge in [0.05, 0.1) is 17.9 Å². The summed E-state index contributed by atoms with van der Waals surface area (Å²) in [6, 6.07) is -0.876. The van der Waals surface area contributed by atoms with Gasteiger partial charge in [-0.05, 0) is 26.2 Å². The number of ether oxygens (including phenoxy) is 1. The van der Waals surface area contributed by atoms with E-state index in [0.717, 1.165) is 12.8 Å². The van der Waals surface area contributed by atoms with E-state index < -0.39 is 29.6 Å². The molecule has 3 fully saturated rings. The minimum atomic E-state index is -1.08. The summed E-state index contributed by atoms with van der Waals surface area (Å²) in [6.07, 6.45) is 5.42. The summed E-state index contributed by atoms with van der Waals surface area (Å²) in [7, 11) is 1.69. The number of rotatable bonds is 12. The minimum absolute atomic E-state index is 0.0322. The Kier molecular flexibility index (Phi) is 8.63. The summed E-state index contributed by atoms with van der Waals surface area (Å²) in [5, 5.41) is 9.48. The number of alkyl halides is 1. The lowest BCUT2D eigenvalue weighted by Crippen LogP contribution is -2.58. The average Bonchev–Trinajstić information content (AvgIpc) is 3.38. The van der Waals surface area contributed by atoms with Crippen LogP contribution in [-0.2, 0) is 19.1 Å². The van der Waals surface area contributed by atoms with E-state index in [2.05, 4.69) is 36.0 Å². The van der Waals surface area contributed by atoms with Gasteiger partial charge in [-0.2, -0.15) is 0 Å². The van der Waals surface area contributed by atoms with Gasteiger partial charge in [-0.1, -0.05) is 41.4 Å². The van der Waals surface area contributed by atoms with Crippen molar-refractivity contribution in [2.24, 2.45) is 11.8 Å². The predicted molar refractivity (Wildman–Crippen MR) is 133 cm³/mol. The predicted octanol–water partition coefficient (Wildman–Crippen LogP) is 1.96. The van der Waals surface area contributed by atoms with Crippen LogP contribution in [0.5, 0.6) is 0 Å². The largest absolute Gasteiger partial charge is 0.396 e. The van der Waals surface area contributed by atoms with Gasteiger partial charge in [0, 0.05) is 44.2 Å². The molecule has 3 amide bonds. The van der Waals surface area contributed by atoms with E-state index in [0.29, 0.717) is 25.9 Å². The number of carbonyl (C=O) groups is 3. The first-order valence-electron chi connectivity index (χ1n) is 12.2. The zero-order valence-electron chi connectivity index (χ0n) is 20.5. The van der Waals surface area contributed by atoms with Gasteiger partial charge in [-0.3, -0.25) is 14.4 Å². The van der Waals surface area contributed by atoms with Gasteiger partial charge in [-0.15, -0.1) is 13.2 Å². The number of halogens is 1. The van der Waals surface area contributed by atoms with E-state index in [-0.39, 0.29) is 41.7 Å². The fourth-order valence-electron chi connectivity index (χ4n) is 6.07. The Morgan fingerprint density at radius 3 is 2.59 bits per heavy atom. The highest BCUT2D eigenvalue weighted by Gasteiger charge is 2.76. The summed E-state index contributed by atoms with van der Waals surface area (Å²) >= 11 is 3.69. The van der Waals surface area contributed by atoms with Crippen LogP contribution in [0.15, 0.2) is 25.3 Å². The third kappa shape index (κ3) is 4.35. The van der Waals surface area contributed by atoms with E-state index >= 15 is 0 Å². The average molecular weight is 540 g/mol. The number of aliphatic hydroxyl groups is 1. The van der Waals surface area contributed by atoms with Crippen molar-refractivity contribution < 1.29 is 24.2 Å². The molecule has 4 unspecified atom stereocenters. The number of hydrogen-bond donors (Lipinski definition) is 1. The molecule has 2 bridgehead atoms. The Labute approximate surface area is 211 Å². The third-order valence-corrected chi connectivity index (χ3v) is 8.34. The molecule has 0 aromatic carbocycles. The second-order valence-electron chi connectivity index (χ2n) is 9.70. The SMILES string of the molecule is C=CCN(C)C(=O)[C@H]1[C@H]2C(=O)N(CCCO)C(C(=O)N(CC=C)C(C)CCC)C23CC(Br)[C@@H]1O3. The van der Waals surface area contributed by atoms with Crippen molar-refractivity contribution >= 4 is 33.7 Å². The number of likely N-dealkylation sites (tertiary alicyclic amines) is 1. The molecule has 3 rings (SSSR count). The van der Waals surface area contributed by atoms with Crippen LogP contribution in [-0.4, -0.2) is 99.4 Å². The Morgan fingerprint density at radius 1 is 1.32 bits per heavy atom. The Bertz CT molecular complexity index is 822. The Balaban J connectivity index is 2.06. The fourth-order valence-corrected chi connectivity index (χ4v) is 7.01. The number of nitrogens with zero attached hydrogens (tertiary/aromatic N) is 3. The van der Waals surface area contributed by atoms with E-state index in [1.807, 2.05) is 6.92 Å². The molecule has 9 heteroatoms. The number of hydrogen-bond acceptors (Lipinski definition) is 5. The van der Waals surface area contributed by atoms with Crippen molar-refractivity contribution in [1.29, 1.82) is 0 Å². The minimum Gasteiger partial charge on any atom is -0.396 e. The lowest BCUT2D eigenvalue weighted by molar-refractivity contribution is -0.150. The van der Waals surface area contributed by atoms with Gasteiger partial charge < -0.3 is 24.5 Å². The smallest absolute Gasteiger partial charge is 0.248 e. The van der Waals surface area contributed by atoms with Crippen LogP contribution in [0.2, 0.25) is 0 Å². The maximum absolute atomic E-state index is 14.1. The van der Waals surface area contributed by atoms with Gasteiger partial charge in [0.2, 0.25) is 17.7 Å². The second kappa shape index (κ2) is 10.9. The first-order valence-corrected chi connectivity index (χ1v) is 13.1. The van der Waals surface area contributed by atoms with Crippen molar-refractivity contribution in [3.63, 3.8) is 0 Å². The van der Waals surface area contributed by atoms with Crippen molar-refractivity contribution in [1.82, 2.24) is 14.7 Å². The fraction of sp³-hybridized carbons (Fsp3) is 0.720. The molecule has 3 aliphatic rings. The molecule has 1 spiro atoms.